The van der Waals surface area contributed by atoms with Gasteiger partial charge in [0.05, 0.1) is 10.7 Å². The molecule has 0 saturated carbocycles. The first-order valence-corrected chi connectivity index (χ1v) is 6.88. The number of rotatable bonds is 3. The molecular formula is C13H10BrClN4O2. The van der Waals surface area contributed by atoms with Gasteiger partial charge in [0.1, 0.15) is 5.69 Å². The zero-order valence-electron chi connectivity index (χ0n) is 10.5. The second-order valence-electron chi connectivity index (χ2n) is 4.00. The molecule has 0 saturated heterocycles. The first kappa shape index (κ1) is 15.3. The Morgan fingerprint density at radius 2 is 2.14 bits per heavy atom. The molecule has 0 bridgehead atoms. The predicted molar refractivity (Wildman–Crippen MR) is 83.9 cm³/mol. The molecule has 4 N–H and O–H groups in total. The van der Waals surface area contributed by atoms with Crippen molar-refractivity contribution in [2.75, 3.05) is 5.32 Å². The van der Waals surface area contributed by atoms with E-state index in [-0.39, 0.29) is 22.5 Å². The van der Waals surface area contributed by atoms with Crippen molar-refractivity contribution in [2.24, 2.45) is 10.9 Å². The van der Waals surface area contributed by atoms with Crippen LogP contribution >= 0.6 is 27.5 Å². The maximum Gasteiger partial charge on any atom is 0.274 e. The van der Waals surface area contributed by atoms with Gasteiger partial charge in [-0.25, -0.2) is 4.98 Å². The molecule has 21 heavy (non-hydrogen) atoms. The molecule has 0 aliphatic carbocycles. The van der Waals surface area contributed by atoms with E-state index in [1.165, 1.54) is 12.3 Å². The van der Waals surface area contributed by atoms with Crippen LogP contribution in [0.3, 0.4) is 0 Å². The second-order valence-corrected chi connectivity index (χ2v) is 5.32. The lowest BCUT2D eigenvalue weighted by molar-refractivity contribution is 0.102. The highest BCUT2D eigenvalue weighted by Crippen LogP contribution is 2.23. The Morgan fingerprint density at radius 1 is 1.38 bits per heavy atom. The standard InChI is InChI=1S/C13H10BrClN4O2/c14-8-2-4-11(17-6-8)13(20)18-10-3-1-7(5-9(10)15)12(16)19-21/h1-6,21H,(H2,16,19)(H,18,20). The van der Waals surface area contributed by atoms with Crippen LogP contribution in [0.15, 0.2) is 46.2 Å². The number of aromatic nitrogens is 1. The van der Waals surface area contributed by atoms with Crippen LogP contribution < -0.4 is 11.1 Å². The van der Waals surface area contributed by atoms with Crippen LogP contribution in [0.1, 0.15) is 16.1 Å². The van der Waals surface area contributed by atoms with E-state index in [0.29, 0.717) is 11.3 Å². The number of hydrogen-bond donors (Lipinski definition) is 3. The predicted octanol–water partition coefficient (Wildman–Crippen LogP) is 2.84. The summed E-state index contributed by atoms with van der Waals surface area (Å²) in [6.45, 7) is 0. The van der Waals surface area contributed by atoms with Gasteiger partial charge in [0, 0.05) is 16.2 Å². The van der Waals surface area contributed by atoms with E-state index in [2.05, 4.69) is 31.4 Å². The Morgan fingerprint density at radius 3 is 2.71 bits per heavy atom. The fraction of sp³-hybridized carbons (Fsp3) is 0. The van der Waals surface area contributed by atoms with E-state index in [4.69, 9.17) is 22.5 Å². The lowest BCUT2D eigenvalue weighted by Gasteiger charge is -2.08. The number of hydrogen-bond acceptors (Lipinski definition) is 4. The van der Waals surface area contributed by atoms with E-state index in [9.17, 15) is 4.79 Å². The summed E-state index contributed by atoms with van der Waals surface area (Å²) < 4.78 is 0.778. The number of nitrogens with zero attached hydrogens (tertiary/aromatic N) is 2. The molecule has 108 valence electrons. The van der Waals surface area contributed by atoms with Gasteiger partial charge in [0.25, 0.3) is 5.91 Å². The number of benzene rings is 1. The number of amides is 1. The third-order valence-electron chi connectivity index (χ3n) is 2.58. The Labute approximate surface area is 133 Å². The SMILES string of the molecule is N/C(=N/O)c1ccc(NC(=O)c2ccc(Br)cn2)c(Cl)c1. The van der Waals surface area contributed by atoms with Crippen LogP contribution in [-0.2, 0) is 0 Å². The lowest BCUT2D eigenvalue weighted by Crippen LogP contribution is -2.15. The molecule has 1 aromatic heterocycles. The number of amidine groups is 1. The van der Waals surface area contributed by atoms with Crippen molar-refractivity contribution in [1.29, 1.82) is 0 Å². The second kappa shape index (κ2) is 6.55. The molecule has 0 fully saturated rings. The summed E-state index contributed by atoms with van der Waals surface area (Å²) in [5.41, 5.74) is 6.57. The highest BCUT2D eigenvalue weighted by molar-refractivity contribution is 9.10. The number of halogens is 2. The van der Waals surface area contributed by atoms with Gasteiger partial charge in [-0.05, 0) is 46.3 Å². The van der Waals surface area contributed by atoms with Gasteiger partial charge >= 0.3 is 0 Å². The fourth-order valence-corrected chi connectivity index (χ4v) is 1.99. The average molecular weight is 370 g/mol. The van der Waals surface area contributed by atoms with Gasteiger partial charge in [-0.15, -0.1) is 0 Å². The molecule has 0 atom stereocenters. The molecule has 1 amide bonds. The maximum absolute atomic E-state index is 12.0. The molecule has 0 aliphatic heterocycles. The van der Waals surface area contributed by atoms with Crippen LogP contribution in [0.4, 0.5) is 5.69 Å². The van der Waals surface area contributed by atoms with Crippen LogP contribution in [0.5, 0.6) is 0 Å². The van der Waals surface area contributed by atoms with Gasteiger partial charge in [-0.2, -0.15) is 0 Å². The highest BCUT2D eigenvalue weighted by Gasteiger charge is 2.11. The molecule has 2 rings (SSSR count). The molecule has 6 nitrogen and oxygen atoms in total. The third-order valence-corrected chi connectivity index (χ3v) is 3.36. The first-order chi connectivity index (χ1) is 10.0. The first-order valence-electron chi connectivity index (χ1n) is 5.71. The molecule has 0 unspecified atom stereocenters. The van der Waals surface area contributed by atoms with E-state index in [1.54, 1.807) is 24.3 Å². The number of pyridine rings is 1. The van der Waals surface area contributed by atoms with E-state index in [1.807, 2.05) is 0 Å². The van der Waals surface area contributed by atoms with Crippen molar-refractivity contribution in [3.63, 3.8) is 0 Å². The van der Waals surface area contributed by atoms with Crippen molar-refractivity contribution in [3.8, 4) is 0 Å². The Bertz CT molecular complexity index is 704. The molecule has 1 aromatic carbocycles. The minimum Gasteiger partial charge on any atom is -0.409 e. The normalized spacial score (nSPS) is 11.2. The van der Waals surface area contributed by atoms with Crippen LogP contribution in [0.25, 0.3) is 0 Å². The number of oxime groups is 1. The van der Waals surface area contributed by atoms with Gasteiger partial charge < -0.3 is 16.3 Å². The number of anilines is 1. The van der Waals surface area contributed by atoms with Crippen LogP contribution in [0.2, 0.25) is 5.02 Å². The molecule has 0 radical (unpaired) electrons. The topological polar surface area (TPSA) is 101 Å². The van der Waals surface area contributed by atoms with Crippen LogP contribution in [-0.4, -0.2) is 21.9 Å². The summed E-state index contributed by atoms with van der Waals surface area (Å²) in [7, 11) is 0. The minimum absolute atomic E-state index is 0.0654. The summed E-state index contributed by atoms with van der Waals surface area (Å²) >= 11 is 9.29. The summed E-state index contributed by atoms with van der Waals surface area (Å²) in [5.74, 6) is -0.453. The lowest BCUT2D eigenvalue weighted by atomic mass is 10.2. The van der Waals surface area contributed by atoms with Crippen LogP contribution in [0, 0.1) is 0 Å². The zero-order valence-corrected chi connectivity index (χ0v) is 12.9. The van der Waals surface area contributed by atoms with Gasteiger partial charge in [0.2, 0.25) is 0 Å². The molecule has 2 aromatic rings. The smallest absolute Gasteiger partial charge is 0.274 e. The Kier molecular flexibility index (Phi) is 4.77. The quantitative estimate of drug-likeness (QED) is 0.335. The van der Waals surface area contributed by atoms with Crippen molar-refractivity contribution in [2.45, 2.75) is 0 Å². The van der Waals surface area contributed by atoms with E-state index in [0.717, 1.165) is 4.47 Å². The summed E-state index contributed by atoms with van der Waals surface area (Å²) in [4.78, 5) is 16.0. The Balaban J connectivity index is 2.20. The number of nitrogens with two attached hydrogens (primary N) is 1. The molecular weight excluding hydrogens is 360 g/mol. The zero-order chi connectivity index (χ0) is 15.4. The van der Waals surface area contributed by atoms with Gasteiger partial charge in [-0.3, -0.25) is 4.79 Å². The third kappa shape index (κ3) is 3.71. The Hall–Kier alpha value is -2.12. The van der Waals surface area contributed by atoms with Gasteiger partial charge in [0.15, 0.2) is 5.84 Å². The van der Waals surface area contributed by atoms with Crippen molar-refractivity contribution < 1.29 is 10.0 Å². The molecule has 1 heterocycles. The minimum atomic E-state index is -0.388. The summed E-state index contributed by atoms with van der Waals surface area (Å²) in [5, 5.41) is 14.4. The highest BCUT2D eigenvalue weighted by atomic mass is 79.9. The number of nitrogens with one attached hydrogen (secondary N) is 1. The fourth-order valence-electron chi connectivity index (χ4n) is 1.53. The molecule has 8 heteroatoms. The molecule has 0 aliphatic rings. The maximum atomic E-state index is 12.0. The van der Waals surface area contributed by atoms with E-state index < -0.39 is 0 Å². The number of carbonyl (C=O) groups excluding carboxylic acids is 1. The monoisotopic (exact) mass is 368 g/mol. The number of carbonyl (C=O) groups is 1. The summed E-state index contributed by atoms with van der Waals surface area (Å²) in [6.07, 6.45) is 1.53. The van der Waals surface area contributed by atoms with Gasteiger partial charge in [-0.1, -0.05) is 16.8 Å². The van der Waals surface area contributed by atoms with E-state index >= 15 is 0 Å². The molecule has 0 spiro atoms. The average Bonchev–Trinajstić information content (AvgIpc) is 2.49. The van der Waals surface area contributed by atoms with Crippen molar-refractivity contribution >= 4 is 45.0 Å². The van der Waals surface area contributed by atoms with Crippen molar-refractivity contribution in [1.82, 2.24) is 4.98 Å². The summed E-state index contributed by atoms with van der Waals surface area (Å²) in [6, 6.07) is 7.92. The van der Waals surface area contributed by atoms with Crippen molar-refractivity contribution in [3.05, 3.63) is 57.3 Å². The largest absolute Gasteiger partial charge is 0.409 e.